The van der Waals surface area contributed by atoms with Crippen molar-refractivity contribution in [2.45, 2.75) is 33.6 Å². The summed E-state index contributed by atoms with van der Waals surface area (Å²) in [4.78, 5) is 34.5. The number of amides is 1. The predicted octanol–water partition coefficient (Wildman–Crippen LogP) is 4.51. The lowest BCUT2D eigenvalue weighted by Gasteiger charge is -2.11. The molecule has 160 valence electrons. The van der Waals surface area contributed by atoms with Crippen LogP contribution in [0.15, 0.2) is 30.3 Å². The molecule has 0 aliphatic heterocycles. The molecule has 0 fully saturated rings. The van der Waals surface area contributed by atoms with Crippen LogP contribution in [0.5, 0.6) is 5.75 Å². The molecule has 9 heteroatoms. The van der Waals surface area contributed by atoms with Crippen LogP contribution in [0.2, 0.25) is 5.02 Å². The Balaban J connectivity index is 1.77. The van der Waals surface area contributed by atoms with Crippen molar-refractivity contribution in [3.8, 4) is 5.75 Å². The Morgan fingerprint density at radius 3 is 2.53 bits per heavy atom. The number of halogens is 1. The highest BCUT2D eigenvalue weighted by molar-refractivity contribution is 6.31. The fraction of sp³-hybridized carbons (Fsp3) is 0.333. The number of carbonyl (C=O) groups is 2. The molecule has 8 nitrogen and oxygen atoms in total. The molecule has 0 atom stereocenters. The molecule has 0 aliphatic rings. The number of hydrogen-bond acceptors (Lipinski definition) is 6. The molecule has 0 aromatic heterocycles. The molecule has 2 aromatic carbocycles. The third-order valence-electron chi connectivity index (χ3n) is 4.46. The van der Waals surface area contributed by atoms with Gasteiger partial charge in [-0.1, -0.05) is 17.7 Å². The number of nitro groups is 1. The Labute approximate surface area is 179 Å². The molecule has 30 heavy (non-hydrogen) atoms. The summed E-state index contributed by atoms with van der Waals surface area (Å²) in [5, 5.41) is 14.3. The van der Waals surface area contributed by atoms with Crippen LogP contribution in [0, 0.1) is 30.9 Å². The van der Waals surface area contributed by atoms with E-state index < -0.39 is 23.4 Å². The summed E-state index contributed by atoms with van der Waals surface area (Å²) in [6.45, 7) is 5.09. The van der Waals surface area contributed by atoms with E-state index in [1.165, 1.54) is 6.07 Å². The topological polar surface area (TPSA) is 108 Å². The van der Waals surface area contributed by atoms with Crippen molar-refractivity contribution in [2.24, 2.45) is 0 Å². The second-order valence-electron chi connectivity index (χ2n) is 6.73. The zero-order chi connectivity index (χ0) is 22.3. The van der Waals surface area contributed by atoms with Crippen molar-refractivity contribution in [2.75, 3.05) is 18.5 Å². The Morgan fingerprint density at radius 1 is 1.13 bits per heavy atom. The number of nitrogens with zero attached hydrogens (tertiary/aromatic N) is 1. The zero-order valence-electron chi connectivity index (χ0n) is 17.0. The SMILES string of the molecule is Cc1cc(OCCCC(=O)OCC(=O)Nc2c([N+](=O)[O-])ccc(C)c2C)ccc1Cl. The summed E-state index contributed by atoms with van der Waals surface area (Å²) in [6.07, 6.45) is 0.480. The van der Waals surface area contributed by atoms with Crippen molar-refractivity contribution < 1.29 is 24.0 Å². The van der Waals surface area contributed by atoms with Crippen molar-refractivity contribution in [3.63, 3.8) is 0 Å². The van der Waals surface area contributed by atoms with Gasteiger partial charge in [-0.05, 0) is 62.1 Å². The largest absolute Gasteiger partial charge is 0.494 e. The van der Waals surface area contributed by atoms with E-state index in [1.807, 2.05) is 6.92 Å². The monoisotopic (exact) mass is 434 g/mol. The highest BCUT2D eigenvalue weighted by Crippen LogP contribution is 2.30. The Bertz CT molecular complexity index is 961. The van der Waals surface area contributed by atoms with Gasteiger partial charge in [0.15, 0.2) is 6.61 Å². The highest BCUT2D eigenvalue weighted by atomic mass is 35.5. The van der Waals surface area contributed by atoms with Gasteiger partial charge in [0.05, 0.1) is 11.5 Å². The third-order valence-corrected chi connectivity index (χ3v) is 4.89. The fourth-order valence-corrected chi connectivity index (χ4v) is 2.74. The fourth-order valence-electron chi connectivity index (χ4n) is 2.62. The summed E-state index contributed by atoms with van der Waals surface area (Å²) in [6, 6.07) is 8.21. The molecule has 1 N–H and O–H groups in total. The average molecular weight is 435 g/mol. The van der Waals surface area contributed by atoms with Gasteiger partial charge in [0.1, 0.15) is 11.4 Å². The summed E-state index contributed by atoms with van der Waals surface area (Å²) < 4.78 is 10.5. The van der Waals surface area contributed by atoms with Gasteiger partial charge in [-0.15, -0.1) is 0 Å². The van der Waals surface area contributed by atoms with Crippen LogP contribution < -0.4 is 10.1 Å². The number of carbonyl (C=O) groups excluding carboxylic acids is 2. The molecule has 2 aromatic rings. The van der Waals surface area contributed by atoms with Crippen LogP contribution in [0.3, 0.4) is 0 Å². The number of ether oxygens (including phenoxy) is 2. The van der Waals surface area contributed by atoms with E-state index in [4.69, 9.17) is 21.1 Å². The smallest absolute Gasteiger partial charge is 0.306 e. The zero-order valence-corrected chi connectivity index (χ0v) is 17.7. The molecule has 0 bridgehead atoms. The Kier molecular flexibility index (Phi) is 8.17. The maximum atomic E-state index is 12.1. The molecule has 0 aliphatic carbocycles. The van der Waals surface area contributed by atoms with E-state index in [1.54, 1.807) is 38.1 Å². The first kappa shape index (κ1) is 23.2. The summed E-state index contributed by atoms with van der Waals surface area (Å²) >= 11 is 5.95. The predicted molar refractivity (Wildman–Crippen MR) is 113 cm³/mol. The van der Waals surface area contributed by atoms with Crippen molar-refractivity contribution in [1.29, 1.82) is 0 Å². The minimum atomic E-state index is -0.645. The quantitative estimate of drug-likeness (QED) is 0.269. The van der Waals surface area contributed by atoms with E-state index in [9.17, 15) is 19.7 Å². The van der Waals surface area contributed by atoms with E-state index in [0.717, 1.165) is 11.1 Å². The van der Waals surface area contributed by atoms with Gasteiger partial charge in [0, 0.05) is 17.5 Å². The lowest BCUT2D eigenvalue weighted by Crippen LogP contribution is -2.22. The van der Waals surface area contributed by atoms with Gasteiger partial charge in [0.2, 0.25) is 0 Å². The molecule has 0 saturated heterocycles. The van der Waals surface area contributed by atoms with Gasteiger partial charge >= 0.3 is 5.97 Å². The van der Waals surface area contributed by atoms with Crippen LogP contribution in [-0.4, -0.2) is 30.0 Å². The van der Waals surface area contributed by atoms with Gasteiger partial charge in [-0.25, -0.2) is 0 Å². The lowest BCUT2D eigenvalue weighted by atomic mass is 10.1. The minimum Gasteiger partial charge on any atom is -0.494 e. The van der Waals surface area contributed by atoms with Crippen molar-refractivity contribution in [1.82, 2.24) is 0 Å². The first-order chi connectivity index (χ1) is 14.2. The standard InChI is InChI=1S/C21H23ClN2O6/c1-13-6-9-18(24(27)28)21(15(13)3)23-19(25)12-30-20(26)5-4-10-29-16-7-8-17(22)14(2)11-16/h6-9,11H,4-5,10,12H2,1-3H3,(H,23,25). The molecule has 0 unspecified atom stereocenters. The third kappa shape index (κ3) is 6.45. The Morgan fingerprint density at radius 2 is 1.87 bits per heavy atom. The number of esters is 1. The van der Waals surface area contributed by atoms with E-state index in [2.05, 4.69) is 5.32 Å². The van der Waals surface area contributed by atoms with Gasteiger partial charge < -0.3 is 14.8 Å². The molecular formula is C21H23ClN2O6. The van der Waals surface area contributed by atoms with Gasteiger partial charge in [-0.2, -0.15) is 0 Å². The van der Waals surface area contributed by atoms with Gasteiger partial charge in [0.25, 0.3) is 11.6 Å². The number of rotatable bonds is 9. The van der Waals surface area contributed by atoms with E-state index >= 15 is 0 Å². The maximum absolute atomic E-state index is 12.1. The van der Waals surface area contributed by atoms with E-state index in [0.29, 0.717) is 29.4 Å². The summed E-state index contributed by atoms with van der Waals surface area (Å²) in [5.74, 6) is -0.552. The lowest BCUT2D eigenvalue weighted by molar-refractivity contribution is -0.384. The molecule has 0 radical (unpaired) electrons. The molecule has 0 spiro atoms. The first-order valence-electron chi connectivity index (χ1n) is 9.28. The molecular weight excluding hydrogens is 412 g/mol. The summed E-state index contributed by atoms with van der Waals surface area (Å²) in [5.41, 5.74) is 2.16. The van der Waals surface area contributed by atoms with Crippen molar-refractivity contribution >= 4 is 34.9 Å². The summed E-state index contributed by atoms with van der Waals surface area (Å²) in [7, 11) is 0. The van der Waals surface area contributed by atoms with Crippen LogP contribution in [-0.2, 0) is 14.3 Å². The van der Waals surface area contributed by atoms with Crippen molar-refractivity contribution in [3.05, 3.63) is 62.2 Å². The van der Waals surface area contributed by atoms with E-state index in [-0.39, 0.29) is 17.8 Å². The number of anilines is 1. The number of nitro benzene ring substituents is 1. The normalized spacial score (nSPS) is 10.4. The highest BCUT2D eigenvalue weighted by Gasteiger charge is 2.20. The minimum absolute atomic E-state index is 0.0729. The number of hydrogen-bond donors (Lipinski definition) is 1. The van der Waals surface area contributed by atoms with Gasteiger partial charge in [-0.3, -0.25) is 19.7 Å². The molecule has 0 heterocycles. The Hall–Kier alpha value is -3.13. The number of aryl methyl sites for hydroxylation is 2. The van der Waals surface area contributed by atoms with Crippen LogP contribution in [0.1, 0.15) is 29.5 Å². The number of benzene rings is 2. The number of nitrogens with one attached hydrogen (secondary N) is 1. The average Bonchev–Trinajstić information content (AvgIpc) is 2.69. The first-order valence-corrected chi connectivity index (χ1v) is 9.66. The molecule has 2 rings (SSSR count). The molecule has 1 amide bonds. The van der Waals surface area contributed by atoms with Crippen LogP contribution in [0.25, 0.3) is 0 Å². The van der Waals surface area contributed by atoms with Crippen LogP contribution >= 0.6 is 11.6 Å². The maximum Gasteiger partial charge on any atom is 0.306 e. The second kappa shape index (κ2) is 10.6. The second-order valence-corrected chi connectivity index (χ2v) is 7.14. The molecule has 0 saturated carbocycles. The van der Waals surface area contributed by atoms with Crippen LogP contribution in [0.4, 0.5) is 11.4 Å².